The van der Waals surface area contributed by atoms with Crippen molar-refractivity contribution in [1.29, 1.82) is 0 Å². The molecule has 0 aliphatic heterocycles. The number of nitrogens with zero attached hydrogens (tertiary/aromatic N) is 1. The summed E-state index contributed by atoms with van der Waals surface area (Å²) in [7, 11) is 0. The van der Waals surface area contributed by atoms with Crippen molar-refractivity contribution in [3.05, 3.63) is 52.7 Å². The number of hydrogen-bond donors (Lipinski definition) is 2. The highest BCUT2D eigenvalue weighted by Crippen LogP contribution is 2.27. The average molecular weight is 280 g/mol. The van der Waals surface area contributed by atoms with Crippen molar-refractivity contribution in [2.75, 3.05) is 6.61 Å². The summed E-state index contributed by atoms with van der Waals surface area (Å²) >= 11 is 6.01. The number of aliphatic hydroxyl groups excluding tert-OH is 2. The number of aromatic nitrogens is 1. The number of ether oxygens (including phenoxy) is 1. The normalized spacial score (nSPS) is 10.5. The van der Waals surface area contributed by atoms with E-state index in [1.54, 1.807) is 18.2 Å². The van der Waals surface area contributed by atoms with Gasteiger partial charge in [0.2, 0.25) is 5.88 Å². The largest absolute Gasteiger partial charge is 0.438 e. The topological polar surface area (TPSA) is 62.6 Å². The van der Waals surface area contributed by atoms with Crippen molar-refractivity contribution < 1.29 is 14.9 Å². The molecule has 0 atom stereocenters. The van der Waals surface area contributed by atoms with E-state index in [-0.39, 0.29) is 13.2 Å². The Labute approximate surface area is 116 Å². The predicted octanol–water partition coefficient (Wildman–Crippen LogP) is 2.55. The Hall–Kier alpha value is -1.62. The van der Waals surface area contributed by atoms with Gasteiger partial charge in [0.15, 0.2) is 0 Å². The molecular formula is C14H14ClNO3. The summed E-state index contributed by atoms with van der Waals surface area (Å²) in [6.45, 7) is 0.0130. The van der Waals surface area contributed by atoms with Crippen LogP contribution in [-0.2, 0) is 13.0 Å². The molecule has 0 bridgehead atoms. The molecule has 1 aromatic heterocycles. The maximum absolute atomic E-state index is 8.96. The quantitative estimate of drug-likeness (QED) is 0.883. The van der Waals surface area contributed by atoms with Crippen LogP contribution in [0.5, 0.6) is 11.6 Å². The molecule has 4 nitrogen and oxygen atoms in total. The Bertz CT molecular complexity index is 543. The van der Waals surface area contributed by atoms with E-state index >= 15 is 0 Å². The van der Waals surface area contributed by atoms with Gasteiger partial charge < -0.3 is 14.9 Å². The molecule has 1 aromatic carbocycles. The van der Waals surface area contributed by atoms with Gasteiger partial charge in [0.05, 0.1) is 6.61 Å². The van der Waals surface area contributed by atoms with Crippen molar-refractivity contribution >= 4 is 11.6 Å². The summed E-state index contributed by atoms with van der Waals surface area (Å²) in [5.74, 6) is 0.918. The molecule has 2 aromatic rings. The maximum Gasteiger partial charge on any atom is 0.238 e. The molecule has 100 valence electrons. The molecule has 0 spiro atoms. The van der Waals surface area contributed by atoms with Gasteiger partial charge in [-0.1, -0.05) is 23.7 Å². The minimum absolute atomic E-state index is 0.108. The van der Waals surface area contributed by atoms with Gasteiger partial charge in [-0.3, -0.25) is 0 Å². The van der Waals surface area contributed by atoms with Crippen LogP contribution in [0.15, 0.2) is 36.5 Å². The second-order valence-electron chi connectivity index (χ2n) is 4.01. The van der Waals surface area contributed by atoms with Crippen LogP contribution < -0.4 is 4.74 Å². The Kier molecular flexibility index (Phi) is 4.74. The van der Waals surface area contributed by atoms with Gasteiger partial charge >= 0.3 is 0 Å². The molecule has 0 unspecified atom stereocenters. The van der Waals surface area contributed by atoms with Crippen LogP contribution >= 0.6 is 11.6 Å². The van der Waals surface area contributed by atoms with E-state index in [2.05, 4.69) is 4.98 Å². The highest BCUT2D eigenvalue weighted by atomic mass is 35.5. The second kappa shape index (κ2) is 6.52. The minimum Gasteiger partial charge on any atom is -0.438 e. The third-order valence-corrected chi connectivity index (χ3v) is 2.86. The van der Waals surface area contributed by atoms with Gasteiger partial charge in [-0.2, -0.15) is 0 Å². The molecule has 5 heteroatoms. The number of pyridine rings is 1. The Morgan fingerprint density at radius 3 is 2.42 bits per heavy atom. The van der Waals surface area contributed by atoms with Crippen LogP contribution in [0, 0.1) is 0 Å². The van der Waals surface area contributed by atoms with Crippen LogP contribution in [-0.4, -0.2) is 21.8 Å². The van der Waals surface area contributed by atoms with Crippen molar-refractivity contribution in [3.8, 4) is 11.6 Å². The van der Waals surface area contributed by atoms with Gasteiger partial charge in [-0.25, -0.2) is 4.98 Å². The average Bonchev–Trinajstić information content (AvgIpc) is 2.43. The van der Waals surface area contributed by atoms with E-state index in [0.717, 1.165) is 5.56 Å². The Morgan fingerprint density at radius 2 is 1.84 bits per heavy atom. The van der Waals surface area contributed by atoms with Crippen molar-refractivity contribution in [1.82, 2.24) is 4.98 Å². The first-order chi connectivity index (χ1) is 9.22. The molecule has 2 N–H and O–H groups in total. The lowest BCUT2D eigenvalue weighted by atomic mass is 10.1. The van der Waals surface area contributed by atoms with Crippen molar-refractivity contribution in [2.24, 2.45) is 0 Å². The van der Waals surface area contributed by atoms with E-state index in [9.17, 15) is 0 Å². The zero-order valence-corrected chi connectivity index (χ0v) is 11.0. The summed E-state index contributed by atoms with van der Waals surface area (Å²) in [5.41, 5.74) is 1.67. The van der Waals surface area contributed by atoms with Gasteiger partial charge in [-0.05, 0) is 35.7 Å². The fourth-order valence-electron chi connectivity index (χ4n) is 1.59. The molecule has 0 fully saturated rings. The highest BCUT2D eigenvalue weighted by Gasteiger charge is 2.06. The summed E-state index contributed by atoms with van der Waals surface area (Å²) in [5, 5.41) is 18.1. The van der Waals surface area contributed by atoms with Crippen LogP contribution in [0.3, 0.4) is 0 Å². The van der Waals surface area contributed by atoms with Gasteiger partial charge in [0.1, 0.15) is 10.8 Å². The molecule has 0 amide bonds. The third-order valence-electron chi connectivity index (χ3n) is 2.58. The first-order valence-electron chi connectivity index (χ1n) is 5.86. The smallest absolute Gasteiger partial charge is 0.238 e. The molecule has 19 heavy (non-hydrogen) atoms. The summed E-state index contributed by atoms with van der Waals surface area (Å²) in [6, 6.07) is 8.96. The van der Waals surface area contributed by atoms with E-state index in [0.29, 0.717) is 28.6 Å². The number of hydrogen-bond acceptors (Lipinski definition) is 4. The van der Waals surface area contributed by atoms with Crippen LogP contribution in [0.2, 0.25) is 5.02 Å². The van der Waals surface area contributed by atoms with Crippen LogP contribution in [0.1, 0.15) is 11.1 Å². The van der Waals surface area contributed by atoms with E-state index < -0.39 is 0 Å². The lowest BCUT2D eigenvalue weighted by Gasteiger charge is -2.08. The molecule has 0 aliphatic rings. The molecular weight excluding hydrogens is 266 g/mol. The third kappa shape index (κ3) is 3.67. The molecule has 0 aliphatic carbocycles. The zero-order valence-electron chi connectivity index (χ0n) is 10.2. The molecule has 2 rings (SSSR count). The molecule has 1 heterocycles. The van der Waals surface area contributed by atoms with E-state index in [1.165, 1.54) is 6.20 Å². The fourth-order valence-corrected chi connectivity index (χ4v) is 1.82. The highest BCUT2D eigenvalue weighted by molar-refractivity contribution is 6.31. The van der Waals surface area contributed by atoms with Gasteiger partial charge in [0, 0.05) is 12.8 Å². The van der Waals surface area contributed by atoms with Crippen LogP contribution in [0.25, 0.3) is 0 Å². The van der Waals surface area contributed by atoms with Crippen molar-refractivity contribution in [2.45, 2.75) is 13.0 Å². The lowest BCUT2D eigenvalue weighted by Crippen LogP contribution is -1.93. The molecule has 0 saturated carbocycles. The molecule has 0 saturated heterocycles. The van der Waals surface area contributed by atoms with E-state index in [1.807, 2.05) is 12.1 Å². The second-order valence-corrected chi connectivity index (χ2v) is 4.42. The van der Waals surface area contributed by atoms with Crippen molar-refractivity contribution in [3.63, 3.8) is 0 Å². The van der Waals surface area contributed by atoms with Gasteiger partial charge in [-0.15, -0.1) is 0 Å². The number of benzene rings is 1. The lowest BCUT2D eigenvalue weighted by molar-refractivity contribution is 0.281. The maximum atomic E-state index is 8.96. The number of halogens is 1. The monoisotopic (exact) mass is 279 g/mol. The fraction of sp³-hybridized carbons (Fsp3) is 0.214. The van der Waals surface area contributed by atoms with Gasteiger partial charge in [0.25, 0.3) is 0 Å². The van der Waals surface area contributed by atoms with Crippen LogP contribution in [0.4, 0.5) is 0 Å². The Balaban J connectivity index is 2.12. The number of rotatable bonds is 5. The minimum atomic E-state index is -0.108. The SMILES string of the molecule is OCCc1ccc(Oc2ncc(CO)cc2Cl)cc1. The van der Waals surface area contributed by atoms with E-state index in [4.69, 9.17) is 26.6 Å². The Morgan fingerprint density at radius 1 is 1.11 bits per heavy atom. The summed E-state index contributed by atoms with van der Waals surface area (Å²) in [4.78, 5) is 4.05. The standard InChI is InChI=1S/C14H14ClNO3/c15-13-7-11(9-18)8-16-14(13)19-12-3-1-10(2-4-12)5-6-17/h1-4,7-8,17-18H,5-6,9H2. The zero-order chi connectivity index (χ0) is 13.7. The number of aliphatic hydroxyl groups is 2. The first kappa shape index (κ1) is 13.8. The first-order valence-corrected chi connectivity index (χ1v) is 6.23. The predicted molar refractivity (Wildman–Crippen MR) is 72.5 cm³/mol. The molecule has 0 radical (unpaired) electrons. The summed E-state index contributed by atoms with van der Waals surface area (Å²) in [6.07, 6.45) is 2.13. The summed E-state index contributed by atoms with van der Waals surface area (Å²) < 4.78 is 5.55.